The van der Waals surface area contributed by atoms with E-state index in [2.05, 4.69) is 20.9 Å². The molecule has 2 heterocycles. The number of hydrogen-bond donors (Lipinski definition) is 4. The van der Waals surface area contributed by atoms with Gasteiger partial charge in [0, 0.05) is 24.2 Å². The molecule has 2 aliphatic heterocycles. The van der Waals surface area contributed by atoms with Crippen molar-refractivity contribution in [2.75, 3.05) is 26.3 Å². The first kappa shape index (κ1) is 44.2. The molecule has 2 aromatic carbocycles. The number of aliphatic hydroxyl groups excluding tert-OH is 1. The van der Waals surface area contributed by atoms with Crippen LogP contribution in [0.2, 0.25) is 10.0 Å². The number of amides is 3. The summed E-state index contributed by atoms with van der Waals surface area (Å²) in [7, 11) is 0. The van der Waals surface area contributed by atoms with Crippen LogP contribution in [0.15, 0.2) is 52.9 Å². The second-order valence-corrected chi connectivity index (χ2v) is 14.8. The van der Waals surface area contributed by atoms with Gasteiger partial charge in [0.05, 0.1) is 45.5 Å². The van der Waals surface area contributed by atoms with Crippen molar-refractivity contribution in [2.45, 2.75) is 116 Å². The van der Waals surface area contributed by atoms with Gasteiger partial charge in [-0.15, -0.1) is 0 Å². The van der Waals surface area contributed by atoms with Gasteiger partial charge in [-0.3, -0.25) is 9.59 Å². The summed E-state index contributed by atoms with van der Waals surface area (Å²) in [5.41, 5.74) is 0.483. The topological polar surface area (TPSA) is 165 Å². The summed E-state index contributed by atoms with van der Waals surface area (Å²) in [4.78, 5) is 50.1. The molecular formula is C42H54Cl2N4O8. The van der Waals surface area contributed by atoms with Gasteiger partial charge >= 0.3 is 6.09 Å². The van der Waals surface area contributed by atoms with Crippen molar-refractivity contribution < 1.29 is 38.5 Å². The largest absolute Gasteiger partial charge is 0.509 e. The van der Waals surface area contributed by atoms with Crippen LogP contribution in [-0.4, -0.2) is 66.5 Å². The minimum Gasteiger partial charge on any atom is -0.509 e. The van der Waals surface area contributed by atoms with E-state index in [9.17, 15) is 19.5 Å². The number of benzene rings is 2. The van der Waals surface area contributed by atoms with Crippen LogP contribution in [0.5, 0.6) is 11.5 Å². The molecule has 4 N–H and O–H groups in total. The van der Waals surface area contributed by atoms with Crippen molar-refractivity contribution in [3.63, 3.8) is 0 Å². The number of carbonyl (C=O) groups is 3. The maximum atomic E-state index is 13.0. The van der Waals surface area contributed by atoms with Crippen molar-refractivity contribution in [2.24, 2.45) is 4.99 Å². The quantitative estimate of drug-likeness (QED) is 0.144. The summed E-state index contributed by atoms with van der Waals surface area (Å²) < 4.78 is 16.6. The molecule has 3 amide bonds. The predicted molar refractivity (Wildman–Crippen MR) is 218 cm³/mol. The van der Waals surface area contributed by atoms with Crippen LogP contribution < -0.4 is 25.4 Å². The second kappa shape index (κ2) is 21.1. The van der Waals surface area contributed by atoms with Gasteiger partial charge in [0.2, 0.25) is 6.08 Å². The van der Waals surface area contributed by atoms with Crippen LogP contribution in [0.25, 0.3) is 11.1 Å². The monoisotopic (exact) mass is 812 g/mol. The van der Waals surface area contributed by atoms with E-state index in [1.54, 1.807) is 43.3 Å². The number of aliphatic imine (C=N–C) groups is 1. The molecule has 14 heteroatoms. The van der Waals surface area contributed by atoms with Gasteiger partial charge in [0.1, 0.15) is 23.0 Å². The van der Waals surface area contributed by atoms with Gasteiger partial charge in [-0.05, 0) is 89.8 Å². The molecule has 2 saturated carbocycles. The Morgan fingerprint density at radius 1 is 0.768 bits per heavy atom. The Balaban J connectivity index is 0.000000225. The number of isocyanates is 1. The van der Waals surface area contributed by atoms with Crippen LogP contribution >= 0.6 is 23.2 Å². The molecule has 304 valence electrons. The fourth-order valence-electron chi connectivity index (χ4n) is 7.63. The van der Waals surface area contributed by atoms with Gasteiger partial charge in [0.25, 0.3) is 11.8 Å². The molecule has 2 fully saturated rings. The average Bonchev–Trinajstić information content (AvgIpc) is 3.35. The van der Waals surface area contributed by atoms with E-state index in [0.29, 0.717) is 75.9 Å². The maximum Gasteiger partial charge on any atom is 0.412 e. The molecule has 2 aromatic rings. The van der Waals surface area contributed by atoms with Gasteiger partial charge in [-0.2, -0.15) is 0 Å². The van der Waals surface area contributed by atoms with Gasteiger partial charge in [-0.25, -0.2) is 14.6 Å². The van der Waals surface area contributed by atoms with Crippen molar-refractivity contribution in [3.05, 3.63) is 69.1 Å². The Bertz CT molecular complexity index is 1820. The Morgan fingerprint density at radius 3 is 1.66 bits per heavy atom. The van der Waals surface area contributed by atoms with E-state index in [0.717, 1.165) is 77.0 Å². The molecule has 2 spiro atoms. The molecule has 0 unspecified atom stereocenters. The first-order valence-electron chi connectivity index (χ1n) is 19.7. The number of hydrogen-bond acceptors (Lipinski definition) is 9. The third kappa shape index (κ3) is 10.7. The molecule has 0 bridgehead atoms. The fraction of sp³-hybridized carbons (Fsp3) is 0.524. The van der Waals surface area contributed by atoms with Crippen molar-refractivity contribution in [1.29, 1.82) is 0 Å². The average molecular weight is 814 g/mol. The number of aliphatic hydroxyl groups is 1. The first-order valence-corrected chi connectivity index (χ1v) is 20.4. The van der Waals surface area contributed by atoms with Crippen molar-refractivity contribution in [1.82, 2.24) is 16.0 Å². The minimum atomic E-state index is -0.657. The van der Waals surface area contributed by atoms with Crippen LogP contribution in [0.1, 0.15) is 116 Å². The first-order chi connectivity index (χ1) is 27.0. The van der Waals surface area contributed by atoms with E-state index in [1.165, 1.54) is 6.08 Å². The third-order valence-electron chi connectivity index (χ3n) is 10.2. The highest BCUT2D eigenvalue weighted by atomic mass is 35.5. The number of rotatable bonds is 9. The fourth-order valence-corrected chi connectivity index (χ4v) is 8.16. The van der Waals surface area contributed by atoms with E-state index in [-0.39, 0.29) is 17.6 Å². The molecule has 0 radical (unpaired) electrons. The molecule has 2 aliphatic carbocycles. The van der Waals surface area contributed by atoms with Gasteiger partial charge in [0.15, 0.2) is 0 Å². The maximum absolute atomic E-state index is 13.0. The summed E-state index contributed by atoms with van der Waals surface area (Å²) in [6, 6.07) is 10.4. The highest BCUT2D eigenvalue weighted by Crippen LogP contribution is 2.45. The molecule has 0 aromatic heterocycles. The SMILES string of the molecule is CCN=C=O.CCNC(=O)OC1=C(c2ccc(OCC)cc2Cl)C(=O)NC12CCCCCC2.CCOc1ccc(C2=C(O)C3(CCCCCC3)NC2=O)c(Cl)c1. The second-order valence-electron chi connectivity index (χ2n) is 14.0. The van der Waals surface area contributed by atoms with Gasteiger partial charge < -0.3 is 35.3 Å². The van der Waals surface area contributed by atoms with Crippen LogP contribution in [0.3, 0.4) is 0 Å². The summed E-state index contributed by atoms with van der Waals surface area (Å²) in [5.74, 6) is 1.32. The zero-order valence-electron chi connectivity index (χ0n) is 32.8. The lowest BCUT2D eigenvalue weighted by molar-refractivity contribution is -0.117. The van der Waals surface area contributed by atoms with E-state index < -0.39 is 17.2 Å². The molecular weight excluding hydrogens is 759 g/mol. The number of nitrogens with one attached hydrogen (secondary N) is 3. The van der Waals surface area contributed by atoms with E-state index in [1.807, 2.05) is 20.8 Å². The Hall–Kier alpha value is -4.51. The molecule has 56 heavy (non-hydrogen) atoms. The van der Waals surface area contributed by atoms with Crippen molar-refractivity contribution in [3.8, 4) is 11.5 Å². The molecule has 4 aliphatic rings. The lowest BCUT2D eigenvalue weighted by Crippen LogP contribution is -2.45. The Morgan fingerprint density at radius 2 is 1.23 bits per heavy atom. The Kier molecular flexibility index (Phi) is 16.7. The normalized spacial score (nSPS) is 18.2. The zero-order chi connectivity index (χ0) is 40.7. The molecule has 0 atom stereocenters. The molecule has 12 nitrogen and oxygen atoms in total. The van der Waals surface area contributed by atoms with Gasteiger partial charge in [-0.1, -0.05) is 74.6 Å². The highest BCUT2D eigenvalue weighted by Gasteiger charge is 2.49. The number of alkyl carbamates (subject to hydrolysis) is 1. The van der Waals surface area contributed by atoms with E-state index in [4.69, 9.17) is 42.2 Å². The zero-order valence-corrected chi connectivity index (χ0v) is 34.3. The van der Waals surface area contributed by atoms with E-state index >= 15 is 0 Å². The predicted octanol–water partition coefficient (Wildman–Crippen LogP) is 8.99. The Labute approximate surface area is 339 Å². The number of carbonyl (C=O) groups excluding carboxylic acids is 4. The summed E-state index contributed by atoms with van der Waals surface area (Å²) >= 11 is 12.8. The third-order valence-corrected chi connectivity index (χ3v) is 10.8. The van der Waals surface area contributed by atoms with Crippen LogP contribution in [0, 0.1) is 0 Å². The lowest BCUT2D eigenvalue weighted by atomic mass is 9.88. The summed E-state index contributed by atoms with van der Waals surface area (Å²) in [6.45, 7) is 9.45. The minimum absolute atomic E-state index is 0.149. The molecule has 6 rings (SSSR count). The highest BCUT2D eigenvalue weighted by molar-refractivity contribution is 6.36. The standard InChI is InChI=1S/C21H27ClN2O4.C18H22ClNO3.C3H5NO/c1-3-23-20(26)28-18-17(15-10-9-14(27-4-2)13-16(15)22)19(25)24-21(18)11-7-5-6-8-12-21;1-2-23-12-7-8-13(14(19)11-12)15-16(21)18(20-17(15)22)9-5-3-4-6-10-18;1-2-4-3-5/h9-10,13H,3-8,11-12H2,1-2H3,(H,23,26)(H,24,25);7-8,11,21H,2-6,9-10H2,1H3,(H,20,22);2H2,1H3. The number of halogens is 2. The summed E-state index contributed by atoms with van der Waals surface area (Å²) in [5, 5.41) is 20.4. The van der Waals surface area contributed by atoms with Crippen LogP contribution in [0.4, 0.5) is 4.79 Å². The van der Waals surface area contributed by atoms with Crippen molar-refractivity contribution >= 4 is 58.3 Å². The smallest absolute Gasteiger partial charge is 0.412 e. The number of ether oxygens (including phenoxy) is 3. The van der Waals surface area contributed by atoms with Crippen LogP contribution in [-0.2, 0) is 19.1 Å². The number of nitrogens with zero attached hydrogens (tertiary/aromatic N) is 1. The summed E-state index contributed by atoms with van der Waals surface area (Å²) in [6.07, 6.45) is 12.3. The lowest BCUT2D eigenvalue weighted by Gasteiger charge is -2.30. The molecule has 0 saturated heterocycles.